The average Bonchev–Trinajstić information content (AvgIpc) is 2.79. The molecule has 0 radical (unpaired) electrons. The normalized spacial score (nSPS) is 12.4. The first-order chi connectivity index (χ1) is 9.81. The van der Waals surface area contributed by atoms with Gasteiger partial charge in [-0.25, -0.2) is 9.78 Å². The summed E-state index contributed by atoms with van der Waals surface area (Å²) >= 11 is 1.47. The minimum absolute atomic E-state index is 0.315. The topological polar surface area (TPSA) is 85.1 Å². The molecule has 7 heteroatoms. The van der Waals surface area contributed by atoms with Gasteiger partial charge < -0.3 is 5.11 Å². The Morgan fingerprint density at radius 3 is 2.57 bits per heavy atom. The van der Waals surface area contributed by atoms with Gasteiger partial charge >= 0.3 is 11.7 Å². The van der Waals surface area contributed by atoms with E-state index >= 15 is 0 Å². The van der Waals surface area contributed by atoms with Crippen LogP contribution in [0.25, 0.3) is 0 Å². The Bertz CT molecular complexity index is 748. The van der Waals surface area contributed by atoms with E-state index in [0.717, 1.165) is 10.7 Å². The number of nitrogens with zero attached hydrogens (tertiary/aromatic N) is 3. The smallest absolute Gasteiger partial charge is 0.348 e. The molecule has 2 rings (SSSR count). The van der Waals surface area contributed by atoms with Crippen molar-refractivity contribution in [2.75, 3.05) is 0 Å². The summed E-state index contributed by atoms with van der Waals surface area (Å²) in [6.07, 6.45) is 0. The van der Waals surface area contributed by atoms with Gasteiger partial charge in [-0.05, 0) is 27.7 Å². The van der Waals surface area contributed by atoms with E-state index in [0.29, 0.717) is 23.5 Å². The predicted molar refractivity (Wildman–Crippen MR) is 80.0 cm³/mol. The van der Waals surface area contributed by atoms with Crippen molar-refractivity contribution in [1.29, 1.82) is 0 Å². The molecule has 0 amide bonds. The second-order valence-electron chi connectivity index (χ2n) is 5.01. The van der Waals surface area contributed by atoms with Crippen LogP contribution in [0, 0.1) is 20.8 Å². The summed E-state index contributed by atoms with van der Waals surface area (Å²) in [6, 6.07) is 0. The van der Waals surface area contributed by atoms with Gasteiger partial charge in [0, 0.05) is 28.0 Å². The number of hydrogen-bond donors (Lipinski definition) is 1. The molecular formula is C14H17N3O3S. The maximum atomic E-state index is 12.1. The zero-order chi connectivity index (χ0) is 15.7. The summed E-state index contributed by atoms with van der Waals surface area (Å²) in [5, 5.41) is 11.9. The minimum Gasteiger partial charge on any atom is -0.481 e. The van der Waals surface area contributed by atoms with Crippen LogP contribution >= 0.6 is 11.3 Å². The Morgan fingerprint density at radius 2 is 2.05 bits per heavy atom. The number of carbonyl (C=O) groups is 1. The summed E-state index contributed by atoms with van der Waals surface area (Å²) in [6.45, 7) is 7.23. The van der Waals surface area contributed by atoms with Gasteiger partial charge in [-0.3, -0.25) is 9.36 Å². The number of rotatable bonds is 4. The van der Waals surface area contributed by atoms with Gasteiger partial charge in [-0.2, -0.15) is 4.98 Å². The number of aromatic nitrogens is 3. The van der Waals surface area contributed by atoms with Crippen molar-refractivity contribution >= 4 is 17.3 Å². The van der Waals surface area contributed by atoms with Crippen LogP contribution in [-0.2, 0) is 11.3 Å². The molecule has 0 fully saturated rings. The molecule has 2 heterocycles. The summed E-state index contributed by atoms with van der Waals surface area (Å²) < 4.78 is 1.49. The van der Waals surface area contributed by atoms with E-state index in [1.165, 1.54) is 15.9 Å². The van der Waals surface area contributed by atoms with Crippen molar-refractivity contribution < 1.29 is 9.90 Å². The van der Waals surface area contributed by atoms with Gasteiger partial charge in [0.15, 0.2) is 0 Å². The highest BCUT2D eigenvalue weighted by Crippen LogP contribution is 2.22. The van der Waals surface area contributed by atoms with Crippen LogP contribution in [0.2, 0.25) is 0 Å². The van der Waals surface area contributed by atoms with Crippen LogP contribution in [0.3, 0.4) is 0 Å². The van der Waals surface area contributed by atoms with E-state index in [4.69, 9.17) is 0 Å². The molecule has 2 aromatic heterocycles. The number of thiazole rings is 1. The van der Waals surface area contributed by atoms with Crippen LogP contribution < -0.4 is 5.69 Å². The Hall–Kier alpha value is -2.02. The number of carboxylic acid groups (broad SMARTS) is 1. The number of carboxylic acids is 1. The molecule has 21 heavy (non-hydrogen) atoms. The molecule has 112 valence electrons. The summed E-state index contributed by atoms with van der Waals surface area (Å²) in [4.78, 5) is 31.6. The third-order valence-corrected chi connectivity index (χ3v) is 4.39. The van der Waals surface area contributed by atoms with Crippen LogP contribution in [0.4, 0.5) is 0 Å². The van der Waals surface area contributed by atoms with Crippen LogP contribution in [0.5, 0.6) is 0 Å². The molecule has 0 saturated carbocycles. The molecule has 0 bridgehead atoms. The summed E-state index contributed by atoms with van der Waals surface area (Å²) in [5.41, 5.74) is 2.23. The Kier molecular flexibility index (Phi) is 4.22. The highest BCUT2D eigenvalue weighted by molar-refractivity contribution is 7.09. The third-order valence-electron chi connectivity index (χ3n) is 3.44. The molecule has 2 aromatic rings. The first-order valence-corrected chi connectivity index (χ1v) is 7.41. The lowest BCUT2D eigenvalue weighted by atomic mass is 9.98. The summed E-state index contributed by atoms with van der Waals surface area (Å²) in [5.74, 6) is -1.64. The van der Waals surface area contributed by atoms with E-state index in [2.05, 4.69) is 9.97 Å². The molecule has 0 spiro atoms. The van der Waals surface area contributed by atoms with Gasteiger partial charge in [0.05, 0.1) is 12.5 Å². The van der Waals surface area contributed by atoms with Crippen LogP contribution in [0.1, 0.15) is 40.5 Å². The van der Waals surface area contributed by atoms with Gasteiger partial charge in [0.25, 0.3) is 0 Å². The molecule has 1 atom stereocenters. The molecule has 0 saturated heterocycles. The first-order valence-electron chi connectivity index (χ1n) is 6.53. The van der Waals surface area contributed by atoms with Gasteiger partial charge in [-0.15, -0.1) is 11.3 Å². The van der Waals surface area contributed by atoms with Crippen molar-refractivity contribution in [2.45, 2.75) is 40.2 Å². The molecule has 0 aromatic carbocycles. The highest BCUT2D eigenvalue weighted by atomic mass is 32.1. The Balaban J connectivity index is 2.53. The summed E-state index contributed by atoms with van der Waals surface area (Å²) in [7, 11) is 0. The van der Waals surface area contributed by atoms with Gasteiger partial charge in [0.1, 0.15) is 5.01 Å². The lowest BCUT2D eigenvalue weighted by molar-refractivity contribution is -0.138. The molecule has 0 aliphatic rings. The molecule has 0 aliphatic carbocycles. The second kappa shape index (κ2) is 5.77. The number of hydrogen-bond acceptors (Lipinski definition) is 5. The van der Waals surface area contributed by atoms with Crippen LogP contribution in [-0.4, -0.2) is 25.6 Å². The van der Waals surface area contributed by atoms with Gasteiger partial charge in [0.2, 0.25) is 0 Å². The van der Waals surface area contributed by atoms with Crippen molar-refractivity contribution in [3.05, 3.63) is 43.5 Å². The standard InChI is InChI=1S/C14H17N3O3S/c1-7-6-21-11(15-7)5-17-10(4)12(8(2)13(18)19)9(3)16-14(17)20/h6,8H,5H2,1-4H3,(H,18,19). The van der Waals surface area contributed by atoms with E-state index in [9.17, 15) is 14.7 Å². The fraction of sp³-hybridized carbons (Fsp3) is 0.429. The average molecular weight is 307 g/mol. The van der Waals surface area contributed by atoms with Crippen molar-refractivity contribution in [3.63, 3.8) is 0 Å². The lowest BCUT2D eigenvalue weighted by Crippen LogP contribution is -2.29. The van der Waals surface area contributed by atoms with E-state index < -0.39 is 11.9 Å². The molecule has 0 aliphatic heterocycles. The predicted octanol–water partition coefficient (Wildman–Crippen LogP) is 1.86. The van der Waals surface area contributed by atoms with E-state index in [-0.39, 0.29) is 5.69 Å². The SMILES string of the molecule is Cc1csc(Cn2c(C)c(C(C)C(=O)O)c(C)nc2=O)n1. The van der Waals surface area contributed by atoms with Crippen LogP contribution in [0.15, 0.2) is 10.2 Å². The quantitative estimate of drug-likeness (QED) is 0.932. The Morgan fingerprint density at radius 1 is 1.38 bits per heavy atom. The molecular weight excluding hydrogens is 290 g/mol. The fourth-order valence-corrected chi connectivity index (χ4v) is 3.12. The molecule has 6 nitrogen and oxygen atoms in total. The molecule has 1 N–H and O–H groups in total. The molecule has 1 unspecified atom stereocenters. The third kappa shape index (κ3) is 3.02. The van der Waals surface area contributed by atoms with Crippen molar-refractivity contribution in [2.24, 2.45) is 0 Å². The zero-order valence-corrected chi connectivity index (χ0v) is 13.2. The second-order valence-corrected chi connectivity index (χ2v) is 5.95. The first kappa shape index (κ1) is 15.4. The number of aryl methyl sites for hydroxylation is 2. The monoisotopic (exact) mass is 307 g/mol. The van der Waals surface area contributed by atoms with E-state index in [1.54, 1.807) is 20.8 Å². The van der Waals surface area contributed by atoms with Crippen molar-refractivity contribution in [3.8, 4) is 0 Å². The van der Waals surface area contributed by atoms with Gasteiger partial charge in [-0.1, -0.05) is 0 Å². The number of aliphatic carboxylic acids is 1. The zero-order valence-electron chi connectivity index (χ0n) is 12.4. The highest BCUT2D eigenvalue weighted by Gasteiger charge is 2.22. The maximum absolute atomic E-state index is 12.1. The maximum Gasteiger partial charge on any atom is 0.348 e. The Labute approximate surface area is 126 Å². The van der Waals surface area contributed by atoms with Crippen molar-refractivity contribution in [1.82, 2.24) is 14.5 Å². The largest absolute Gasteiger partial charge is 0.481 e. The fourth-order valence-electron chi connectivity index (χ4n) is 2.36. The van der Waals surface area contributed by atoms with E-state index in [1.807, 2.05) is 12.3 Å². The lowest BCUT2D eigenvalue weighted by Gasteiger charge is -2.17. The minimum atomic E-state index is -0.932.